The van der Waals surface area contributed by atoms with Crippen LogP contribution in [-0.4, -0.2) is 45.1 Å². The fraction of sp³-hybridized carbons (Fsp3) is 0.636. The van der Waals surface area contributed by atoms with Crippen molar-refractivity contribution in [1.82, 2.24) is 25.5 Å². The van der Waals surface area contributed by atoms with E-state index in [1.54, 1.807) is 0 Å². The van der Waals surface area contributed by atoms with Crippen molar-refractivity contribution in [2.24, 2.45) is 5.92 Å². The summed E-state index contributed by atoms with van der Waals surface area (Å²) in [6.45, 7) is 9.20. The number of carbonyl (C=O) groups excluding carboxylic acids is 1. The van der Waals surface area contributed by atoms with Gasteiger partial charge in [0, 0.05) is 0 Å². The fourth-order valence-corrected chi connectivity index (χ4v) is 4.66. The van der Waals surface area contributed by atoms with E-state index < -0.39 is 0 Å². The van der Waals surface area contributed by atoms with Gasteiger partial charge in [0.25, 0.3) is 0 Å². The number of benzene rings is 1. The molecule has 1 aliphatic rings. The Morgan fingerprint density at radius 1 is 1.19 bits per heavy atom. The molecule has 1 atom stereocenters. The highest BCUT2D eigenvalue weighted by Gasteiger charge is 2.24. The zero-order chi connectivity index (χ0) is 22.2. The molecule has 1 amide bonds. The number of thioether (sulfide) groups is 1. The third-order valence-corrected chi connectivity index (χ3v) is 6.31. The van der Waals surface area contributed by atoms with Gasteiger partial charge in [-0.05, 0) is 60.7 Å². The van der Waals surface area contributed by atoms with E-state index in [1.165, 1.54) is 24.6 Å². The second-order valence-electron chi connectivity index (χ2n) is 7.99. The number of ether oxygens (including phenoxy) is 2. The molecule has 170 valence electrons. The molecule has 1 heterocycles. The number of hydrogen-bond donors (Lipinski definition) is 1. The Morgan fingerprint density at radius 2 is 1.90 bits per heavy atom. The lowest BCUT2D eigenvalue weighted by atomic mass is 9.95. The van der Waals surface area contributed by atoms with Crippen LogP contribution in [0.15, 0.2) is 23.4 Å². The molecule has 0 aliphatic heterocycles. The van der Waals surface area contributed by atoms with E-state index in [-0.39, 0.29) is 23.6 Å². The molecule has 0 bridgehead atoms. The molecule has 3 rings (SSSR count). The van der Waals surface area contributed by atoms with Crippen LogP contribution >= 0.6 is 11.8 Å². The summed E-state index contributed by atoms with van der Waals surface area (Å²) in [5.74, 6) is 1.86. The number of nitrogens with one attached hydrogen (secondary N) is 1. The van der Waals surface area contributed by atoms with Crippen LogP contribution < -0.4 is 14.8 Å². The number of tetrazole rings is 1. The van der Waals surface area contributed by atoms with Gasteiger partial charge in [-0.3, -0.25) is 4.79 Å². The summed E-state index contributed by atoms with van der Waals surface area (Å²) >= 11 is 1.39. The number of aromatic nitrogens is 4. The van der Waals surface area contributed by atoms with Crippen molar-refractivity contribution < 1.29 is 14.3 Å². The van der Waals surface area contributed by atoms with E-state index in [4.69, 9.17) is 9.47 Å². The summed E-state index contributed by atoms with van der Waals surface area (Å²) in [6.07, 6.45) is 4.61. The highest BCUT2D eigenvalue weighted by Crippen LogP contribution is 2.34. The standard InChI is InChI=1S/C22H33N5O3S/c1-5-29-18-12-11-16(13-19(18)30-6-2)21(15(3)4)23-20(28)14-31-22-24-25-26-27(22)17-9-7-8-10-17/h11-13,15,17,21H,5-10,14H2,1-4H3,(H,23,28). The van der Waals surface area contributed by atoms with Gasteiger partial charge in [0.05, 0.1) is 31.1 Å². The Kier molecular flexibility index (Phi) is 8.57. The minimum atomic E-state index is -0.131. The Balaban J connectivity index is 1.65. The summed E-state index contributed by atoms with van der Waals surface area (Å²) in [7, 11) is 0. The molecular weight excluding hydrogens is 414 g/mol. The van der Waals surface area contributed by atoms with Gasteiger partial charge in [-0.25, -0.2) is 4.68 Å². The monoisotopic (exact) mass is 447 g/mol. The van der Waals surface area contributed by atoms with E-state index in [1.807, 2.05) is 36.7 Å². The maximum absolute atomic E-state index is 12.8. The summed E-state index contributed by atoms with van der Waals surface area (Å²) < 4.78 is 13.3. The van der Waals surface area contributed by atoms with Crippen molar-refractivity contribution in [2.75, 3.05) is 19.0 Å². The first-order chi connectivity index (χ1) is 15.0. The molecule has 0 saturated heterocycles. The third kappa shape index (κ3) is 6.12. The van der Waals surface area contributed by atoms with Crippen LogP contribution in [0.2, 0.25) is 0 Å². The van der Waals surface area contributed by atoms with Crippen LogP contribution in [0.5, 0.6) is 11.5 Å². The van der Waals surface area contributed by atoms with Crippen molar-refractivity contribution in [3.8, 4) is 11.5 Å². The smallest absolute Gasteiger partial charge is 0.230 e. The van der Waals surface area contributed by atoms with E-state index in [0.29, 0.717) is 30.2 Å². The lowest BCUT2D eigenvalue weighted by molar-refractivity contribution is -0.119. The van der Waals surface area contributed by atoms with Gasteiger partial charge in [-0.1, -0.05) is 44.5 Å². The molecule has 1 aromatic heterocycles. The zero-order valence-corrected chi connectivity index (χ0v) is 19.7. The molecular formula is C22H33N5O3S. The fourth-order valence-electron chi connectivity index (χ4n) is 3.90. The van der Waals surface area contributed by atoms with E-state index in [9.17, 15) is 4.79 Å². The SMILES string of the molecule is CCOc1ccc(C(NC(=O)CSc2nnnn2C2CCCC2)C(C)C)cc1OCC. The molecule has 1 unspecified atom stereocenters. The minimum Gasteiger partial charge on any atom is -0.490 e. The topological polar surface area (TPSA) is 91.2 Å². The molecule has 0 spiro atoms. The molecule has 1 N–H and O–H groups in total. The first-order valence-electron chi connectivity index (χ1n) is 11.1. The molecule has 1 aromatic carbocycles. The first-order valence-corrected chi connectivity index (χ1v) is 12.1. The Hall–Kier alpha value is -2.29. The molecule has 2 aromatic rings. The van der Waals surface area contributed by atoms with Gasteiger partial charge in [-0.15, -0.1) is 5.10 Å². The number of amides is 1. The Bertz CT molecular complexity index is 851. The van der Waals surface area contributed by atoms with Gasteiger partial charge >= 0.3 is 0 Å². The largest absolute Gasteiger partial charge is 0.490 e. The van der Waals surface area contributed by atoms with E-state index in [0.717, 1.165) is 24.2 Å². The summed E-state index contributed by atoms with van der Waals surface area (Å²) in [4.78, 5) is 12.8. The van der Waals surface area contributed by atoms with Gasteiger partial charge in [0.1, 0.15) is 0 Å². The Labute approximate surface area is 188 Å². The molecule has 31 heavy (non-hydrogen) atoms. The van der Waals surface area contributed by atoms with Crippen LogP contribution in [0.4, 0.5) is 0 Å². The quantitative estimate of drug-likeness (QED) is 0.516. The second kappa shape index (κ2) is 11.4. The predicted molar refractivity (Wildman–Crippen MR) is 121 cm³/mol. The van der Waals surface area contributed by atoms with Gasteiger partial charge in [0.2, 0.25) is 11.1 Å². The molecule has 1 aliphatic carbocycles. The van der Waals surface area contributed by atoms with Crippen LogP contribution in [-0.2, 0) is 4.79 Å². The van der Waals surface area contributed by atoms with E-state index in [2.05, 4.69) is 34.7 Å². The van der Waals surface area contributed by atoms with Crippen molar-refractivity contribution in [3.63, 3.8) is 0 Å². The third-order valence-electron chi connectivity index (χ3n) is 5.38. The first kappa shape index (κ1) is 23.4. The normalized spacial score (nSPS) is 15.3. The lowest BCUT2D eigenvalue weighted by Gasteiger charge is -2.24. The number of carbonyl (C=O) groups is 1. The summed E-state index contributed by atoms with van der Waals surface area (Å²) in [5.41, 5.74) is 0.996. The number of hydrogen-bond acceptors (Lipinski definition) is 7. The molecule has 0 radical (unpaired) electrons. The molecule has 8 nitrogen and oxygen atoms in total. The van der Waals surface area contributed by atoms with Gasteiger partial charge < -0.3 is 14.8 Å². The van der Waals surface area contributed by atoms with Crippen molar-refractivity contribution in [3.05, 3.63) is 23.8 Å². The molecule has 1 fully saturated rings. The average molecular weight is 448 g/mol. The maximum Gasteiger partial charge on any atom is 0.230 e. The lowest BCUT2D eigenvalue weighted by Crippen LogP contribution is -2.33. The van der Waals surface area contributed by atoms with Crippen molar-refractivity contribution in [1.29, 1.82) is 0 Å². The Morgan fingerprint density at radius 3 is 2.58 bits per heavy atom. The molecule has 9 heteroatoms. The minimum absolute atomic E-state index is 0.0449. The van der Waals surface area contributed by atoms with Gasteiger partial charge in [-0.2, -0.15) is 0 Å². The number of nitrogens with zero attached hydrogens (tertiary/aromatic N) is 4. The summed E-state index contributed by atoms with van der Waals surface area (Å²) in [6, 6.07) is 6.09. The number of rotatable bonds is 11. The highest BCUT2D eigenvalue weighted by molar-refractivity contribution is 7.99. The predicted octanol–water partition coefficient (Wildman–Crippen LogP) is 4.19. The zero-order valence-electron chi connectivity index (χ0n) is 18.8. The van der Waals surface area contributed by atoms with Crippen LogP contribution in [0.3, 0.4) is 0 Å². The molecule has 1 saturated carbocycles. The van der Waals surface area contributed by atoms with Crippen LogP contribution in [0, 0.1) is 5.92 Å². The highest BCUT2D eigenvalue weighted by atomic mass is 32.2. The maximum atomic E-state index is 12.8. The second-order valence-corrected chi connectivity index (χ2v) is 8.94. The average Bonchev–Trinajstić information content (AvgIpc) is 3.43. The van der Waals surface area contributed by atoms with Crippen LogP contribution in [0.1, 0.15) is 71.0 Å². The van der Waals surface area contributed by atoms with Crippen molar-refractivity contribution in [2.45, 2.75) is 70.6 Å². The van der Waals surface area contributed by atoms with Crippen molar-refractivity contribution >= 4 is 17.7 Å². The summed E-state index contributed by atoms with van der Waals surface area (Å²) in [5, 5.41) is 16.0. The van der Waals surface area contributed by atoms with Crippen LogP contribution in [0.25, 0.3) is 0 Å². The van der Waals surface area contributed by atoms with E-state index >= 15 is 0 Å². The van der Waals surface area contributed by atoms with Gasteiger partial charge in [0.15, 0.2) is 11.5 Å².